The number of rotatable bonds is 18. The smallest absolute Gasteiger partial charge is 0.0162 e. The van der Waals surface area contributed by atoms with E-state index in [-0.39, 0.29) is 0 Å². The summed E-state index contributed by atoms with van der Waals surface area (Å²) in [5, 5.41) is 0. The molecule has 0 aliphatic rings. The van der Waals surface area contributed by atoms with Crippen molar-refractivity contribution in [1.82, 2.24) is 0 Å². The summed E-state index contributed by atoms with van der Waals surface area (Å²) in [4.78, 5) is 0. The van der Waals surface area contributed by atoms with E-state index in [2.05, 4.69) is 44.2 Å². The lowest BCUT2D eigenvalue weighted by Crippen LogP contribution is -1.99. The van der Waals surface area contributed by atoms with Gasteiger partial charge in [-0.3, -0.25) is 0 Å². The molecule has 1 unspecified atom stereocenters. The van der Waals surface area contributed by atoms with Gasteiger partial charge in [0.15, 0.2) is 0 Å². The molecule has 1 aromatic rings. The summed E-state index contributed by atoms with van der Waals surface area (Å²) < 4.78 is 0. The SMILES string of the molecule is CCCCCCCCCCCCCC(CCCCCC)c1ccccc1. The van der Waals surface area contributed by atoms with Crippen molar-refractivity contribution in [3.63, 3.8) is 0 Å². The van der Waals surface area contributed by atoms with Gasteiger partial charge < -0.3 is 0 Å². The first-order valence-corrected chi connectivity index (χ1v) is 11.9. The summed E-state index contributed by atoms with van der Waals surface area (Å²) in [6.45, 7) is 4.60. The van der Waals surface area contributed by atoms with Crippen LogP contribution in [-0.2, 0) is 0 Å². The van der Waals surface area contributed by atoms with Crippen molar-refractivity contribution < 1.29 is 0 Å². The van der Waals surface area contributed by atoms with Crippen molar-refractivity contribution in [2.45, 2.75) is 129 Å². The molecule has 0 bridgehead atoms. The van der Waals surface area contributed by atoms with E-state index in [1.165, 1.54) is 109 Å². The van der Waals surface area contributed by atoms with E-state index in [0.717, 1.165) is 5.92 Å². The van der Waals surface area contributed by atoms with Crippen LogP contribution in [-0.4, -0.2) is 0 Å². The van der Waals surface area contributed by atoms with Crippen LogP contribution in [0.1, 0.15) is 134 Å². The number of unbranched alkanes of at least 4 members (excludes halogenated alkanes) is 13. The summed E-state index contributed by atoms with van der Waals surface area (Å²) in [5.41, 5.74) is 1.58. The van der Waals surface area contributed by atoms with Gasteiger partial charge in [0.1, 0.15) is 0 Å². The molecule has 0 radical (unpaired) electrons. The maximum absolute atomic E-state index is 2.35. The lowest BCUT2D eigenvalue weighted by Gasteiger charge is -2.17. The molecular formula is C26H46. The zero-order valence-electron chi connectivity index (χ0n) is 18.0. The highest BCUT2D eigenvalue weighted by molar-refractivity contribution is 5.19. The van der Waals surface area contributed by atoms with Crippen LogP contribution < -0.4 is 0 Å². The van der Waals surface area contributed by atoms with Crippen molar-refractivity contribution in [1.29, 1.82) is 0 Å². The molecule has 0 aliphatic carbocycles. The van der Waals surface area contributed by atoms with Gasteiger partial charge in [0, 0.05) is 0 Å². The Morgan fingerprint density at radius 1 is 0.500 bits per heavy atom. The largest absolute Gasteiger partial charge is 0.0654 e. The normalized spacial score (nSPS) is 12.4. The van der Waals surface area contributed by atoms with Crippen LogP contribution in [0, 0.1) is 0 Å². The molecule has 0 N–H and O–H groups in total. The van der Waals surface area contributed by atoms with Crippen LogP contribution in [0.4, 0.5) is 0 Å². The van der Waals surface area contributed by atoms with Gasteiger partial charge in [-0.1, -0.05) is 140 Å². The molecule has 0 aromatic heterocycles. The molecule has 26 heavy (non-hydrogen) atoms. The fourth-order valence-corrected chi connectivity index (χ4v) is 4.08. The second-order valence-corrected chi connectivity index (χ2v) is 8.28. The Kier molecular flexibility index (Phi) is 15.8. The summed E-state index contributed by atoms with van der Waals surface area (Å²) in [6, 6.07) is 11.3. The predicted molar refractivity (Wildman–Crippen MR) is 119 cm³/mol. The standard InChI is InChI=1S/C26H46/c1-3-5-7-9-10-11-12-13-14-15-18-22-25(21-17-8-6-4-2)26-23-19-16-20-24-26/h16,19-20,23-25H,3-15,17-18,21-22H2,1-2H3. The first-order chi connectivity index (χ1) is 12.9. The monoisotopic (exact) mass is 358 g/mol. The topological polar surface area (TPSA) is 0 Å². The molecule has 1 atom stereocenters. The lowest BCUT2D eigenvalue weighted by atomic mass is 9.88. The minimum Gasteiger partial charge on any atom is -0.0654 e. The first kappa shape index (κ1) is 23.3. The van der Waals surface area contributed by atoms with Crippen LogP contribution >= 0.6 is 0 Å². The fourth-order valence-electron chi connectivity index (χ4n) is 4.08. The Bertz CT molecular complexity index is 380. The quantitative estimate of drug-likeness (QED) is 0.229. The van der Waals surface area contributed by atoms with Crippen LogP contribution in [0.25, 0.3) is 0 Å². The van der Waals surface area contributed by atoms with Gasteiger partial charge in [0.05, 0.1) is 0 Å². The van der Waals surface area contributed by atoms with Gasteiger partial charge >= 0.3 is 0 Å². The van der Waals surface area contributed by atoms with E-state index in [4.69, 9.17) is 0 Å². The van der Waals surface area contributed by atoms with E-state index < -0.39 is 0 Å². The fraction of sp³-hybridized carbons (Fsp3) is 0.769. The van der Waals surface area contributed by atoms with E-state index in [1.807, 2.05) is 0 Å². The van der Waals surface area contributed by atoms with Gasteiger partial charge in [-0.2, -0.15) is 0 Å². The van der Waals surface area contributed by atoms with Gasteiger partial charge in [-0.15, -0.1) is 0 Å². The van der Waals surface area contributed by atoms with E-state index in [9.17, 15) is 0 Å². The molecule has 0 spiro atoms. The second kappa shape index (κ2) is 17.6. The molecule has 1 aromatic carbocycles. The zero-order chi connectivity index (χ0) is 18.7. The second-order valence-electron chi connectivity index (χ2n) is 8.28. The molecule has 0 heteroatoms. The van der Waals surface area contributed by atoms with Crippen molar-refractivity contribution in [3.8, 4) is 0 Å². The maximum atomic E-state index is 2.35. The highest BCUT2D eigenvalue weighted by atomic mass is 14.2. The van der Waals surface area contributed by atoms with Gasteiger partial charge in [-0.05, 0) is 24.3 Å². The van der Waals surface area contributed by atoms with Crippen LogP contribution in [0.2, 0.25) is 0 Å². The molecule has 1 rings (SSSR count). The first-order valence-electron chi connectivity index (χ1n) is 11.9. The third-order valence-electron chi connectivity index (χ3n) is 5.83. The zero-order valence-corrected chi connectivity index (χ0v) is 18.0. The molecular weight excluding hydrogens is 312 g/mol. The maximum Gasteiger partial charge on any atom is -0.0162 e. The average Bonchev–Trinajstić information content (AvgIpc) is 2.68. The van der Waals surface area contributed by atoms with Gasteiger partial charge in [0.25, 0.3) is 0 Å². The molecule has 0 amide bonds. The van der Waals surface area contributed by atoms with E-state index in [1.54, 1.807) is 5.56 Å². The Labute approximate surface area is 165 Å². The van der Waals surface area contributed by atoms with Crippen LogP contribution in [0.15, 0.2) is 30.3 Å². The minimum atomic E-state index is 0.798. The van der Waals surface area contributed by atoms with Crippen molar-refractivity contribution >= 4 is 0 Å². The summed E-state index contributed by atoms with van der Waals surface area (Å²) in [6.07, 6.45) is 24.2. The molecule has 0 heterocycles. The molecule has 0 saturated carbocycles. The van der Waals surface area contributed by atoms with Crippen molar-refractivity contribution in [3.05, 3.63) is 35.9 Å². The number of hydrogen-bond acceptors (Lipinski definition) is 0. The molecule has 0 fully saturated rings. The van der Waals surface area contributed by atoms with Gasteiger partial charge in [-0.25, -0.2) is 0 Å². The minimum absolute atomic E-state index is 0.798. The van der Waals surface area contributed by atoms with E-state index in [0.29, 0.717) is 0 Å². The highest BCUT2D eigenvalue weighted by Gasteiger charge is 2.10. The lowest BCUT2D eigenvalue weighted by molar-refractivity contribution is 0.487. The summed E-state index contributed by atoms with van der Waals surface area (Å²) >= 11 is 0. The third kappa shape index (κ3) is 12.6. The summed E-state index contributed by atoms with van der Waals surface area (Å²) in [7, 11) is 0. The Balaban J connectivity index is 2.09. The van der Waals surface area contributed by atoms with Crippen molar-refractivity contribution in [2.24, 2.45) is 0 Å². The van der Waals surface area contributed by atoms with Crippen LogP contribution in [0.3, 0.4) is 0 Å². The summed E-state index contributed by atoms with van der Waals surface area (Å²) in [5.74, 6) is 0.798. The highest BCUT2D eigenvalue weighted by Crippen LogP contribution is 2.28. The Morgan fingerprint density at radius 2 is 0.885 bits per heavy atom. The molecule has 0 aliphatic heterocycles. The average molecular weight is 359 g/mol. The molecule has 0 nitrogen and oxygen atoms in total. The molecule has 0 saturated heterocycles. The van der Waals surface area contributed by atoms with Crippen LogP contribution in [0.5, 0.6) is 0 Å². The number of benzene rings is 1. The predicted octanol–water partition coefficient (Wildman–Crippen LogP) is 9.44. The van der Waals surface area contributed by atoms with E-state index >= 15 is 0 Å². The van der Waals surface area contributed by atoms with Gasteiger partial charge in [0.2, 0.25) is 0 Å². The Morgan fingerprint density at radius 3 is 1.35 bits per heavy atom. The molecule has 150 valence electrons. The van der Waals surface area contributed by atoms with Crippen molar-refractivity contribution in [2.75, 3.05) is 0 Å². The number of hydrogen-bond donors (Lipinski definition) is 0. The third-order valence-corrected chi connectivity index (χ3v) is 5.83. The Hall–Kier alpha value is -0.780.